The number of thioether (sulfide) groups is 1. The number of hydrogen-bond acceptors (Lipinski definition) is 3. The maximum absolute atomic E-state index is 12.7. The molecule has 114 valence electrons. The van der Waals surface area contributed by atoms with E-state index in [0.717, 1.165) is 37.0 Å². The highest BCUT2D eigenvalue weighted by Gasteiger charge is 2.40. The Bertz CT molecular complexity index is 533. The van der Waals surface area contributed by atoms with Gasteiger partial charge in [0.25, 0.3) is 0 Å². The molecule has 1 saturated carbocycles. The Morgan fingerprint density at radius 2 is 2.29 bits per heavy atom. The summed E-state index contributed by atoms with van der Waals surface area (Å²) in [7, 11) is 0. The van der Waals surface area contributed by atoms with E-state index in [2.05, 4.69) is 24.4 Å². The van der Waals surface area contributed by atoms with Crippen LogP contribution >= 0.6 is 11.8 Å². The molecule has 4 heteroatoms. The first-order chi connectivity index (χ1) is 10.1. The third-order valence-corrected chi connectivity index (χ3v) is 6.23. The lowest BCUT2D eigenvalue weighted by Gasteiger charge is -2.32. The average Bonchev–Trinajstić information content (AvgIpc) is 2.88. The van der Waals surface area contributed by atoms with Gasteiger partial charge in [-0.2, -0.15) is 0 Å². The number of rotatable bonds is 3. The highest BCUT2D eigenvalue weighted by atomic mass is 32.2. The predicted molar refractivity (Wildman–Crippen MR) is 86.3 cm³/mol. The summed E-state index contributed by atoms with van der Waals surface area (Å²) in [6.45, 7) is 2.22. The fourth-order valence-corrected chi connectivity index (χ4v) is 4.73. The molecule has 2 aliphatic rings. The molecule has 21 heavy (non-hydrogen) atoms. The number of carbonyl (C=O) groups is 1. The normalized spacial score (nSPS) is 31.7. The summed E-state index contributed by atoms with van der Waals surface area (Å²) in [5.74, 6) is 1.11. The van der Waals surface area contributed by atoms with E-state index in [0.29, 0.717) is 0 Å². The number of amides is 1. The maximum atomic E-state index is 12.7. The van der Waals surface area contributed by atoms with Crippen LogP contribution in [0.15, 0.2) is 24.3 Å². The van der Waals surface area contributed by atoms with Crippen LogP contribution < -0.4 is 5.32 Å². The van der Waals surface area contributed by atoms with Gasteiger partial charge in [0, 0.05) is 11.5 Å². The van der Waals surface area contributed by atoms with Gasteiger partial charge in [-0.1, -0.05) is 37.6 Å². The molecule has 3 nitrogen and oxygen atoms in total. The number of aliphatic hydroxyl groups excluding tert-OH is 1. The van der Waals surface area contributed by atoms with Gasteiger partial charge in [0.1, 0.15) is 5.25 Å². The van der Waals surface area contributed by atoms with Crippen molar-refractivity contribution in [2.45, 2.75) is 43.9 Å². The van der Waals surface area contributed by atoms with Crippen molar-refractivity contribution in [1.82, 2.24) is 5.32 Å². The summed E-state index contributed by atoms with van der Waals surface area (Å²) >= 11 is 1.73. The summed E-state index contributed by atoms with van der Waals surface area (Å²) in [6.07, 6.45) is 4.09. The van der Waals surface area contributed by atoms with Crippen molar-refractivity contribution in [3.05, 3.63) is 35.4 Å². The molecular formula is C17H23NO2S. The number of hydrogen-bond donors (Lipinski definition) is 2. The van der Waals surface area contributed by atoms with Gasteiger partial charge in [-0.05, 0) is 36.1 Å². The molecule has 3 unspecified atom stereocenters. The van der Waals surface area contributed by atoms with Crippen LogP contribution in [0.5, 0.6) is 0 Å². The minimum atomic E-state index is -0.158. The Kier molecular flexibility index (Phi) is 4.27. The molecule has 1 aromatic rings. The first-order valence-electron chi connectivity index (χ1n) is 7.75. The summed E-state index contributed by atoms with van der Waals surface area (Å²) in [5, 5.41) is 12.7. The van der Waals surface area contributed by atoms with E-state index < -0.39 is 0 Å². The summed E-state index contributed by atoms with van der Waals surface area (Å²) in [4.78, 5) is 12.7. The number of aryl methyl sites for hydroxylation is 1. The second-order valence-electron chi connectivity index (χ2n) is 6.47. The summed E-state index contributed by atoms with van der Waals surface area (Å²) < 4.78 is 0. The smallest absolute Gasteiger partial charge is 0.237 e. The molecule has 3 rings (SSSR count). The minimum absolute atomic E-state index is 0.0986. The lowest BCUT2D eigenvalue weighted by Crippen LogP contribution is -2.46. The molecule has 3 atom stereocenters. The molecule has 1 aromatic carbocycles. The third-order valence-electron chi connectivity index (χ3n) is 4.99. The molecule has 0 radical (unpaired) electrons. The van der Waals surface area contributed by atoms with Crippen LogP contribution in [0.4, 0.5) is 0 Å². The zero-order valence-corrected chi connectivity index (χ0v) is 13.3. The molecule has 2 N–H and O–H groups in total. The monoisotopic (exact) mass is 305 g/mol. The standard InChI is InChI=1S/C17H23NO2S/c1-17(11-19)9-4-7-14(17)18-16(20)15-13-6-3-2-5-12(13)8-10-21-15/h2-3,5-6,14-15,19H,4,7-11H2,1H3,(H,18,20). The quantitative estimate of drug-likeness (QED) is 0.902. The molecule has 1 amide bonds. The SMILES string of the molecule is CC1(CO)CCCC1NC(=O)C1SCCc2ccccc21. The number of aliphatic hydroxyl groups is 1. The van der Waals surface area contributed by atoms with E-state index in [1.54, 1.807) is 11.8 Å². The Balaban J connectivity index is 1.75. The van der Waals surface area contributed by atoms with Crippen molar-refractivity contribution in [3.63, 3.8) is 0 Å². The lowest BCUT2D eigenvalue weighted by molar-refractivity contribution is -0.122. The van der Waals surface area contributed by atoms with Gasteiger partial charge in [0.2, 0.25) is 5.91 Å². The highest BCUT2D eigenvalue weighted by Crippen LogP contribution is 2.40. The summed E-state index contributed by atoms with van der Waals surface area (Å²) in [6, 6.07) is 8.36. The van der Waals surface area contributed by atoms with E-state index in [-0.39, 0.29) is 29.2 Å². The minimum Gasteiger partial charge on any atom is -0.396 e. The van der Waals surface area contributed by atoms with E-state index in [1.165, 1.54) is 5.56 Å². The van der Waals surface area contributed by atoms with Crippen LogP contribution in [0.3, 0.4) is 0 Å². The van der Waals surface area contributed by atoms with Crippen LogP contribution in [0.2, 0.25) is 0 Å². The van der Waals surface area contributed by atoms with Gasteiger partial charge in [-0.3, -0.25) is 4.79 Å². The first-order valence-corrected chi connectivity index (χ1v) is 8.79. The molecule has 0 aromatic heterocycles. The van der Waals surface area contributed by atoms with Crippen LogP contribution in [0.1, 0.15) is 42.6 Å². The molecule has 1 heterocycles. The largest absolute Gasteiger partial charge is 0.396 e. The first kappa shape index (κ1) is 14.9. The van der Waals surface area contributed by atoms with E-state index >= 15 is 0 Å². The van der Waals surface area contributed by atoms with Crippen molar-refractivity contribution in [2.24, 2.45) is 5.41 Å². The third kappa shape index (κ3) is 2.84. The topological polar surface area (TPSA) is 49.3 Å². The Morgan fingerprint density at radius 3 is 3.10 bits per heavy atom. The van der Waals surface area contributed by atoms with Gasteiger partial charge in [-0.15, -0.1) is 11.8 Å². The Morgan fingerprint density at radius 1 is 1.48 bits per heavy atom. The lowest BCUT2D eigenvalue weighted by atomic mass is 9.85. The van der Waals surface area contributed by atoms with E-state index in [1.807, 2.05) is 12.1 Å². The number of benzene rings is 1. The second-order valence-corrected chi connectivity index (χ2v) is 7.68. The van der Waals surface area contributed by atoms with Gasteiger partial charge in [0.15, 0.2) is 0 Å². The average molecular weight is 305 g/mol. The molecule has 0 bridgehead atoms. The van der Waals surface area contributed by atoms with Crippen LogP contribution in [0.25, 0.3) is 0 Å². The van der Waals surface area contributed by atoms with Gasteiger partial charge >= 0.3 is 0 Å². The maximum Gasteiger partial charge on any atom is 0.237 e. The Hall–Kier alpha value is -1.00. The van der Waals surface area contributed by atoms with Crippen molar-refractivity contribution in [2.75, 3.05) is 12.4 Å². The molecule has 1 aliphatic carbocycles. The number of carbonyl (C=O) groups excluding carboxylic acids is 1. The number of nitrogens with one attached hydrogen (secondary N) is 1. The van der Waals surface area contributed by atoms with Gasteiger partial charge in [-0.25, -0.2) is 0 Å². The zero-order chi connectivity index (χ0) is 14.9. The molecule has 0 saturated heterocycles. The highest BCUT2D eigenvalue weighted by molar-refractivity contribution is 8.00. The zero-order valence-electron chi connectivity index (χ0n) is 12.5. The van der Waals surface area contributed by atoms with Crippen molar-refractivity contribution in [3.8, 4) is 0 Å². The van der Waals surface area contributed by atoms with Gasteiger partial charge < -0.3 is 10.4 Å². The molecule has 0 spiro atoms. The predicted octanol–water partition coefficient (Wildman–Crippen LogP) is 2.68. The van der Waals surface area contributed by atoms with Crippen LogP contribution in [0, 0.1) is 5.41 Å². The van der Waals surface area contributed by atoms with E-state index in [4.69, 9.17) is 0 Å². The molecule has 1 aliphatic heterocycles. The fourth-order valence-electron chi connectivity index (χ4n) is 3.53. The van der Waals surface area contributed by atoms with Crippen LogP contribution in [-0.4, -0.2) is 29.4 Å². The van der Waals surface area contributed by atoms with Crippen molar-refractivity contribution >= 4 is 17.7 Å². The van der Waals surface area contributed by atoms with Gasteiger partial charge in [0.05, 0.1) is 6.61 Å². The second kappa shape index (κ2) is 6.01. The summed E-state index contributed by atoms with van der Waals surface area (Å²) in [5.41, 5.74) is 2.30. The molecular weight excluding hydrogens is 282 g/mol. The van der Waals surface area contributed by atoms with Crippen molar-refractivity contribution < 1.29 is 9.90 Å². The van der Waals surface area contributed by atoms with Crippen LogP contribution in [-0.2, 0) is 11.2 Å². The van der Waals surface area contributed by atoms with E-state index in [9.17, 15) is 9.90 Å². The van der Waals surface area contributed by atoms with Crippen molar-refractivity contribution in [1.29, 1.82) is 0 Å². The fraction of sp³-hybridized carbons (Fsp3) is 0.588. The Labute approximate surface area is 130 Å². The number of fused-ring (bicyclic) bond motifs is 1. The molecule has 1 fully saturated rings.